The van der Waals surface area contributed by atoms with Gasteiger partial charge in [-0.05, 0) is 24.3 Å². The van der Waals surface area contributed by atoms with Crippen LogP contribution in [0.5, 0.6) is 11.5 Å². The SMILES string of the molecule is C=CC(=O)N(C)Cc1ccccc1Oc1ccc(F)c(Cl)c1. The fraction of sp³-hybridized carbons (Fsp3) is 0.118. The quantitative estimate of drug-likeness (QED) is 0.764. The zero-order chi connectivity index (χ0) is 16.1. The summed E-state index contributed by atoms with van der Waals surface area (Å²) in [6.45, 7) is 3.83. The van der Waals surface area contributed by atoms with Crippen molar-refractivity contribution in [1.82, 2.24) is 4.90 Å². The van der Waals surface area contributed by atoms with E-state index in [-0.39, 0.29) is 10.9 Å². The van der Waals surface area contributed by atoms with Crippen LogP contribution in [-0.4, -0.2) is 17.9 Å². The van der Waals surface area contributed by atoms with Crippen LogP contribution >= 0.6 is 11.6 Å². The largest absolute Gasteiger partial charge is 0.457 e. The van der Waals surface area contributed by atoms with Crippen LogP contribution in [0.25, 0.3) is 0 Å². The van der Waals surface area contributed by atoms with E-state index < -0.39 is 5.82 Å². The Kier molecular flexibility index (Phi) is 5.17. The van der Waals surface area contributed by atoms with Crippen LogP contribution in [0.15, 0.2) is 55.1 Å². The highest BCUT2D eigenvalue weighted by molar-refractivity contribution is 6.30. The molecule has 114 valence electrons. The van der Waals surface area contributed by atoms with Gasteiger partial charge in [-0.2, -0.15) is 0 Å². The van der Waals surface area contributed by atoms with Crippen molar-refractivity contribution in [2.75, 3.05) is 7.05 Å². The molecule has 0 aromatic heterocycles. The van der Waals surface area contributed by atoms with Crippen LogP contribution in [0, 0.1) is 5.82 Å². The van der Waals surface area contributed by atoms with Crippen molar-refractivity contribution in [2.45, 2.75) is 6.54 Å². The number of likely N-dealkylation sites (N-methyl/N-ethyl adjacent to an activating group) is 1. The van der Waals surface area contributed by atoms with Crippen LogP contribution in [0.4, 0.5) is 4.39 Å². The van der Waals surface area contributed by atoms with Gasteiger partial charge in [0.2, 0.25) is 5.91 Å². The Morgan fingerprint density at radius 3 is 2.77 bits per heavy atom. The van der Waals surface area contributed by atoms with Crippen molar-refractivity contribution in [3.63, 3.8) is 0 Å². The third-order valence-electron chi connectivity index (χ3n) is 3.05. The number of hydrogen-bond acceptors (Lipinski definition) is 2. The van der Waals surface area contributed by atoms with Crippen molar-refractivity contribution in [2.24, 2.45) is 0 Å². The van der Waals surface area contributed by atoms with Gasteiger partial charge < -0.3 is 9.64 Å². The van der Waals surface area contributed by atoms with Gasteiger partial charge in [0.25, 0.3) is 0 Å². The molecule has 3 nitrogen and oxygen atoms in total. The van der Waals surface area contributed by atoms with Crippen LogP contribution in [0.3, 0.4) is 0 Å². The zero-order valence-electron chi connectivity index (χ0n) is 12.1. The monoisotopic (exact) mass is 319 g/mol. The Hall–Kier alpha value is -2.33. The third kappa shape index (κ3) is 3.86. The molecular formula is C17H15ClFNO2. The van der Waals surface area contributed by atoms with Crippen LogP contribution in [0.1, 0.15) is 5.56 Å². The minimum atomic E-state index is -0.501. The molecule has 0 unspecified atom stereocenters. The van der Waals surface area contributed by atoms with Crippen molar-refractivity contribution >= 4 is 17.5 Å². The lowest BCUT2D eigenvalue weighted by atomic mass is 10.2. The Morgan fingerprint density at radius 2 is 2.09 bits per heavy atom. The Labute approximate surface area is 133 Å². The second-order valence-corrected chi connectivity index (χ2v) is 5.09. The molecule has 2 aromatic rings. The first kappa shape index (κ1) is 16.0. The van der Waals surface area contributed by atoms with E-state index in [1.54, 1.807) is 13.1 Å². The summed E-state index contributed by atoms with van der Waals surface area (Å²) in [7, 11) is 1.68. The summed E-state index contributed by atoms with van der Waals surface area (Å²) in [6.07, 6.45) is 1.25. The van der Waals surface area contributed by atoms with Gasteiger partial charge in [-0.25, -0.2) is 4.39 Å². The molecule has 0 aliphatic carbocycles. The van der Waals surface area contributed by atoms with Gasteiger partial charge in [-0.3, -0.25) is 4.79 Å². The average molecular weight is 320 g/mol. The number of amides is 1. The topological polar surface area (TPSA) is 29.5 Å². The van der Waals surface area contributed by atoms with E-state index >= 15 is 0 Å². The maximum atomic E-state index is 13.2. The van der Waals surface area contributed by atoms with Gasteiger partial charge >= 0.3 is 0 Å². The summed E-state index contributed by atoms with van der Waals surface area (Å²) in [5, 5.41) is -0.00562. The van der Waals surface area contributed by atoms with Gasteiger partial charge in [0.15, 0.2) is 0 Å². The molecule has 2 aromatic carbocycles. The lowest BCUT2D eigenvalue weighted by Gasteiger charge is -2.18. The summed E-state index contributed by atoms with van der Waals surface area (Å²) < 4.78 is 18.9. The van der Waals surface area contributed by atoms with E-state index in [0.29, 0.717) is 18.0 Å². The van der Waals surface area contributed by atoms with Gasteiger partial charge in [0, 0.05) is 25.2 Å². The summed E-state index contributed by atoms with van der Waals surface area (Å²) in [5.74, 6) is 0.323. The normalized spacial score (nSPS) is 10.1. The number of carbonyl (C=O) groups excluding carboxylic acids is 1. The number of para-hydroxylation sites is 1. The highest BCUT2D eigenvalue weighted by Gasteiger charge is 2.11. The van der Waals surface area contributed by atoms with E-state index in [1.807, 2.05) is 18.2 Å². The predicted molar refractivity (Wildman–Crippen MR) is 84.6 cm³/mol. The summed E-state index contributed by atoms with van der Waals surface area (Å²) in [4.78, 5) is 13.1. The minimum absolute atomic E-state index is 0.00562. The fourth-order valence-corrected chi connectivity index (χ4v) is 2.06. The lowest BCUT2D eigenvalue weighted by Crippen LogP contribution is -2.24. The first-order chi connectivity index (χ1) is 10.5. The molecule has 0 aliphatic heterocycles. The number of hydrogen-bond donors (Lipinski definition) is 0. The molecule has 0 N–H and O–H groups in total. The summed E-state index contributed by atoms with van der Waals surface area (Å²) in [6, 6.07) is 11.5. The van der Waals surface area contributed by atoms with Crippen molar-refractivity contribution in [1.29, 1.82) is 0 Å². The number of benzene rings is 2. The number of rotatable bonds is 5. The highest BCUT2D eigenvalue weighted by atomic mass is 35.5. The van der Waals surface area contributed by atoms with Gasteiger partial charge in [-0.1, -0.05) is 36.4 Å². The molecule has 0 radical (unpaired) electrons. The Morgan fingerprint density at radius 1 is 1.36 bits per heavy atom. The van der Waals surface area contributed by atoms with Gasteiger partial charge in [0.05, 0.1) is 5.02 Å². The molecule has 0 fully saturated rings. The first-order valence-corrected chi connectivity index (χ1v) is 6.97. The molecule has 22 heavy (non-hydrogen) atoms. The number of nitrogens with zero attached hydrogens (tertiary/aromatic N) is 1. The predicted octanol–water partition coefficient (Wildman–Crippen LogP) is 4.42. The molecule has 0 saturated heterocycles. The van der Waals surface area contributed by atoms with Gasteiger partial charge in [0.1, 0.15) is 17.3 Å². The molecule has 0 bridgehead atoms. The third-order valence-corrected chi connectivity index (χ3v) is 3.34. The second-order valence-electron chi connectivity index (χ2n) is 4.68. The maximum Gasteiger partial charge on any atom is 0.245 e. The maximum absolute atomic E-state index is 13.2. The van der Waals surface area contributed by atoms with E-state index in [4.69, 9.17) is 16.3 Å². The second kappa shape index (κ2) is 7.09. The first-order valence-electron chi connectivity index (χ1n) is 6.59. The zero-order valence-corrected chi connectivity index (χ0v) is 12.8. The van der Waals surface area contributed by atoms with Crippen molar-refractivity contribution < 1.29 is 13.9 Å². The number of ether oxygens (including phenoxy) is 1. The molecule has 0 atom stereocenters. The van der Waals surface area contributed by atoms with E-state index in [9.17, 15) is 9.18 Å². The molecule has 1 amide bonds. The van der Waals surface area contributed by atoms with E-state index in [2.05, 4.69) is 6.58 Å². The molecule has 2 rings (SSSR count). The average Bonchev–Trinajstić information content (AvgIpc) is 2.52. The molecule has 5 heteroatoms. The summed E-state index contributed by atoms with van der Waals surface area (Å²) in [5.41, 5.74) is 0.820. The molecule has 0 heterocycles. The Balaban J connectivity index is 2.22. The minimum Gasteiger partial charge on any atom is -0.457 e. The Bertz CT molecular complexity index is 703. The fourth-order valence-electron chi connectivity index (χ4n) is 1.89. The molecule has 0 saturated carbocycles. The van der Waals surface area contributed by atoms with Crippen LogP contribution in [0.2, 0.25) is 5.02 Å². The standard InChI is InChI=1S/C17H15ClFNO2/c1-3-17(21)20(2)11-12-6-4-5-7-16(12)22-13-8-9-15(19)14(18)10-13/h3-10H,1,11H2,2H3. The van der Waals surface area contributed by atoms with Crippen LogP contribution in [-0.2, 0) is 11.3 Å². The molecule has 0 spiro atoms. The van der Waals surface area contributed by atoms with Crippen molar-refractivity contribution in [3.8, 4) is 11.5 Å². The summed E-state index contributed by atoms with van der Waals surface area (Å²) >= 11 is 5.75. The van der Waals surface area contributed by atoms with Crippen LogP contribution < -0.4 is 4.74 Å². The van der Waals surface area contributed by atoms with E-state index in [0.717, 1.165) is 5.56 Å². The lowest BCUT2D eigenvalue weighted by molar-refractivity contribution is -0.125. The highest BCUT2D eigenvalue weighted by Crippen LogP contribution is 2.29. The van der Waals surface area contributed by atoms with Gasteiger partial charge in [-0.15, -0.1) is 0 Å². The number of halogens is 2. The molecular weight excluding hydrogens is 305 g/mol. The van der Waals surface area contributed by atoms with Crippen molar-refractivity contribution in [3.05, 3.63) is 71.5 Å². The van der Waals surface area contributed by atoms with E-state index in [1.165, 1.54) is 29.2 Å². The smallest absolute Gasteiger partial charge is 0.245 e. The number of carbonyl (C=O) groups is 1. The molecule has 0 aliphatic rings.